The molecule has 228 valence electrons. The number of amides is 2. The van der Waals surface area contributed by atoms with Crippen molar-refractivity contribution in [3.8, 4) is 28.5 Å². The van der Waals surface area contributed by atoms with Gasteiger partial charge in [-0.25, -0.2) is 14.5 Å². The molecule has 1 N–H and O–H groups in total. The topological polar surface area (TPSA) is 86.3 Å². The lowest BCUT2D eigenvalue weighted by atomic mass is 10.1. The number of carbonyl (C=O) groups excluding carboxylic acids is 1. The number of rotatable bonds is 10. The molecule has 44 heavy (non-hydrogen) atoms. The SMILES string of the molecule is CCCc1ccc(C)cc1-n1ccsc1=NC(=O)NCCCc1ccc(-c2ncn(-c3ccc(OC(F)(F)F)cc3)n2)cc1. The fourth-order valence-electron chi connectivity index (χ4n) is 4.67. The minimum Gasteiger partial charge on any atom is -0.406 e. The summed E-state index contributed by atoms with van der Waals surface area (Å²) < 4.78 is 44.6. The lowest BCUT2D eigenvalue weighted by Gasteiger charge is -2.11. The van der Waals surface area contributed by atoms with Gasteiger partial charge in [-0.1, -0.05) is 49.7 Å². The van der Waals surface area contributed by atoms with Crippen molar-refractivity contribution in [1.82, 2.24) is 24.6 Å². The molecular formula is C32H31F3N6O2S. The normalized spacial score (nSPS) is 12.0. The second kappa shape index (κ2) is 13.7. The highest BCUT2D eigenvalue weighted by atomic mass is 32.1. The van der Waals surface area contributed by atoms with E-state index in [1.807, 2.05) is 40.4 Å². The molecule has 3 aromatic carbocycles. The molecule has 2 heterocycles. The van der Waals surface area contributed by atoms with E-state index in [1.165, 1.54) is 52.2 Å². The number of nitrogens with one attached hydrogen (secondary N) is 1. The van der Waals surface area contributed by atoms with Crippen LogP contribution in [0.15, 0.2) is 89.6 Å². The van der Waals surface area contributed by atoms with Crippen molar-refractivity contribution in [2.45, 2.75) is 45.9 Å². The van der Waals surface area contributed by atoms with Crippen LogP contribution in [0.25, 0.3) is 22.8 Å². The van der Waals surface area contributed by atoms with Crippen LogP contribution in [0.1, 0.15) is 36.5 Å². The third kappa shape index (κ3) is 8.01. The second-order valence-corrected chi connectivity index (χ2v) is 11.0. The number of carbonyl (C=O) groups is 1. The molecule has 0 bridgehead atoms. The number of hydrogen-bond donors (Lipinski definition) is 1. The number of benzene rings is 3. The Morgan fingerprint density at radius 3 is 2.55 bits per heavy atom. The van der Waals surface area contributed by atoms with Crippen LogP contribution in [0.4, 0.5) is 18.0 Å². The molecular weight excluding hydrogens is 589 g/mol. The molecule has 0 aliphatic rings. The van der Waals surface area contributed by atoms with Gasteiger partial charge >= 0.3 is 12.4 Å². The number of aromatic nitrogens is 4. The van der Waals surface area contributed by atoms with Gasteiger partial charge in [-0.05, 0) is 73.2 Å². The molecule has 0 saturated carbocycles. The van der Waals surface area contributed by atoms with E-state index in [9.17, 15) is 18.0 Å². The van der Waals surface area contributed by atoms with Gasteiger partial charge < -0.3 is 10.1 Å². The van der Waals surface area contributed by atoms with E-state index in [0.29, 0.717) is 22.9 Å². The zero-order valence-electron chi connectivity index (χ0n) is 24.2. The van der Waals surface area contributed by atoms with Crippen LogP contribution >= 0.6 is 11.3 Å². The summed E-state index contributed by atoms with van der Waals surface area (Å²) in [6.45, 7) is 4.69. The Morgan fingerprint density at radius 2 is 1.82 bits per heavy atom. The van der Waals surface area contributed by atoms with E-state index in [2.05, 4.69) is 57.2 Å². The van der Waals surface area contributed by atoms with Gasteiger partial charge in [0.25, 0.3) is 0 Å². The van der Waals surface area contributed by atoms with Gasteiger partial charge in [0, 0.05) is 23.7 Å². The summed E-state index contributed by atoms with van der Waals surface area (Å²) in [7, 11) is 0. The van der Waals surface area contributed by atoms with E-state index >= 15 is 0 Å². The van der Waals surface area contributed by atoms with Crippen molar-refractivity contribution in [3.05, 3.63) is 106 Å². The number of urea groups is 1. The van der Waals surface area contributed by atoms with Crippen LogP contribution in [-0.4, -0.2) is 38.3 Å². The highest BCUT2D eigenvalue weighted by Gasteiger charge is 2.31. The first-order chi connectivity index (χ1) is 21.2. The molecule has 0 fully saturated rings. The molecule has 0 aliphatic carbocycles. The number of ether oxygens (including phenoxy) is 1. The molecule has 0 aliphatic heterocycles. The maximum Gasteiger partial charge on any atom is 0.573 e. The Hall–Kier alpha value is -4.71. The van der Waals surface area contributed by atoms with Crippen molar-refractivity contribution in [3.63, 3.8) is 0 Å². The van der Waals surface area contributed by atoms with Crippen molar-refractivity contribution in [1.29, 1.82) is 0 Å². The summed E-state index contributed by atoms with van der Waals surface area (Å²) in [6, 6.07) is 19.2. The Balaban J connectivity index is 1.14. The number of nitrogens with zero attached hydrogens (tertiary/aromatic N) is 5. The number of alkyl halides is 3. The van der Waals surface area contributed by atoms with Crippen LogP contribution < -0.4 is 14.9 Å². The molecule has 5 aromatic rings. The first-order valence-electron chi connectivity index (χ1n) is 14.1. The number of hydrogen-bond acceptors (Lipinski definition) is 5. The fourth-order valence-corrected chi connectivity index (χ4v) is 5.38. The molecule has 0 spiro atoms. The van der Waals surface area contributed by atoms with E-state index < -0.39 is 6.36 Å². The Labute approximate surface area is 256 Å². The van der Waals surface area contributed by atoms with Gasteiger partial charge in [-0.3, -0.25) is 4.57 Å². The third-order valence-corrected chi connectivity index (χ3v) is 7.52. The van der Waals surface area contributed by atoms with Gasteiger partial charge in [-0.2, -0.15) is 4.99 Å². The van der Waals surface area contributed by atoms with Gasteiger partial charge in [0.15, 0.2) is 10.6 Å². The molecule has 5 rings (SSSR count). The molecule has 2 aromatic heterocycles. The summed E-state index contributed by atoms with van der Waals surface area (Å²) in [5, 5.41) is 9.26. The van der Waals surface area contributed by atoms with Gasteiger partial charge in [-0.15, -0.1) is 29.6 Å². The first kappa shape index (κ1) is 30.7. The van der Waals surface area contributed by atoms with E-state index in [0.717, 1.165) is 48.1 Å². The maximum absolute atomic E-state index is 12.6. The third-order valence-electron chi connectivity index (χ3n) is 6.76. The minimum absolute atomic E-state index is 0.305. The summed E-state index contributed by atoms with van der Waals surface area (Å²) in [4.78, 5) is 21.9. The lowest BCUT2D eigenvalue weighted by Crippen LogP contribution is -2.25. The summed E-state index contributed by atoms with van der Waals surface area (Å²) in [5.41, 5.74) is 5.88. The van der Waals surface area contributed by atoms with Gasteiger partial charge in [0.2, 0.25) is 0 Å². The highest BCUT2D eigenvalue weighted by Crippen LogP contribution is 2.24. The average Bonchev–Trinajstić information content (AvgIpc) is 3.67. The second-order valence-electron chi connectivity index (χ2n) is 10.1. The monoisotopic (exact) mass is 620 g/mol. The Bertz CT molecular complexity index is 1770. The smallest absolute Gasteiger partial charge is 0.406 e. The van der Waals surface area contributed by atoms with E-state index in [4.69, 9.17) is 0 Å². The predicted octanol–water partition coefficient (Wildman–Crippen LogP) is 7.19. The van der Waals surface area contributed by atoms with Crippen molar-refractivity contribution in [2.24, 2.45) is 4.99 Å². The molecule has 0 radical (unpaired) electrons. The summed E-state index contributed by atoms with van der Waals surface area (Å²) >= 11 is 1.42. The van der Waals surface area contributed by atoms with Crippen molar-refractivity contribution in [2.75, 3.05) is 6.54 Å². The largest absolute Gasteiger partial charge is 0.573 e. The molecule has 0 unspecified atom stereocenters. The van der Waals surface area contributed by atoms with Crippen LogP contribution in [0.3, 0.4) is 0 Å². The standard InChI is InChI=1S/C32H31F3N6O2S/c1-3-5-24-10-7-22(2)20-28(24)40-18-19-44-31(40)38-30(42)36-17-4-6-23-8-11-25(12-9-23)29-37-21-41(39-29)26-13-15-27(16-14-26)43-32(33,34)35/h7-16,18-21H,3-6,17H2,1-2H3,(H,36,42). The molecule has 2 amide bonds. The Morgan fingerprint density at radius 1 is 1.05 bits per heavy atom. The zero-order chi connectivity index (χ0) is 31.1. The highest BCUT2D eigenvalue weighted by molar-refractivity contribution is 7.07. The van der Waals surface area contributed by atoms with Crippen molar-refractivity contribution >= 4 is 17.4 Å². The van der Waals surface area contributed by atoms with Crippen LogP contribution in [0, 0.1) is 6.92 Å². The average molecular weight is 621 g/mol. The number of halogens is 3. The van der Waals surface area contributed by atoms with Crippen LogP contribution in [0.2, 0.25) is 0 Å². The number of thiazole rings is 1. The van der Waals surface area contributed by atoms with Crippen molar-refractivity contribution < 1.29 is 22.7 Å². The number of aryl methyl sites for hydroxylation is 3. The molecule has 12 heteroatoms. The van der Waals surface area contributed by atoms with Crippen LogP contribution in [0.5, 0.6) is 5.75 Å². The lowest BCUT2D eigenvalue weighted by molar-refractivity contribution is -0.274. The Kier molecular flexibility index (Phi) is 9.59. The van der Waals surface area contributed by atoms with E-state index in [1.54, 1.807) is 0 Å². The molecule has 8 nitrogen and oxygen atoms in total. The predicted molar refractivity (Wildman–Crippen MR) is 163 cm³/mol. The van der Waals surface area contributed by atoms with Gasteiger partial charge in [0.1, 0.15) is 12.1 Å². The fraction of sp³-hybridized carbons (Fsp3) is 0.250. The zero-order valence-corrected chi connectivity index (χ0v) is 25.0. The minimum atomic E-state index is -4.74. The summed E-state index contributed by atoms with van der Waals surface area (Å²) in [5.74, 6) is 0.181. The van der Waals surface area contributed by atoms with E-state index in [-0.39, 0.29) is 11.8 Å². The molecule has 0 saturated heterocycles. The first-order valence-corrected chi connectivity index (χ1v) is 15.0. The molecule has 0 atom stereocenters. The summed E-state index contributed by atoms with van der Waals surface area (Å²) in [6.07, 6.45) is 2.19. The van der Waals surface area contributed by atoms with Gasteiger partial charge in [0.05, 0.1) is 11.4 Å². The quantitative estimate of drug-likeness (QED) is 0.168. The maximum atomic E-state index is 12.6. The van der Waals surface area contributed by atoms with Crippen LogP contribution in [-0.2, 0) is 12.8 Å².